The van der Waals surface area contributed by atoms with Crippen LogP contribution in [0.3, 0.4) is 0 Å². The van der Waals surface area contributed by atoms with Gasteiger partial charge in [0.25, 0.3) is 11.6 Å². The van der Waals surface area contributed by atoms with Gasteiger partial charge in [0.2, 0.25) is 0 Å². The summed E-state index contributed by atoms with van der Waals surface area (Å²) in [4.78, 5) is 25.5. The van der Waals surface area contributed by atoms with Gasteiger partial charge >= 0.3 is 0 Å². The molecule has 7 nitrogen and oxygen atoms in total. The quantitative estimate of drug-likeness (QED) is 0.444. The Morgan fingerprint density at radius 2 is 1.96 bits per heavy atom. The number of nitro groups is 1. The van der Waals surface area contributed by atoms with Gasteiger partial charge in [0.1, 0.15) is 5.02 Å². The second-order valence-electron chi connectivity index (χ2n) is 6.23. The van der Waals surface area contributed by atoms with Crippen LogP contribution in [0.1, 0.15) is 18.5 Å². The molecule has 2 N–H and O–H groups in total. The summed E-state index contributed by atoms with van der Waals surface area (Å²) in [6.45, 7) is 1.78. The highest BCUT2D eigenvalue weighted by atomic mass is 35.5. The smallest absolute Gasteiger partial charge is 0.288 e. The zero-order valence-corrected chi connectivity index (χ0v) is 16.7. The number of halogens is 1. The number of nitrogens with one attached hydrogen (secondary N) is 2. The molecule has 0 radical (unpaired) electrons. The minimum absolute atomic E-state index is 0.0280. The third-order valence-corrected chi connectivity index (χ3v) is 5.24. The fourth-order valence-electron chi connectivity index (χ4n) is 2.95. The number of allylic oxidation sites excluding steroid dienone is 1. The van der Waals surface area contributed by atoms with E-state index in [0.29, 0.717) is 27.6 Å². The van der Waals surface area contributed by atoms with E-state index in [0.717, 1.165) is 0 Å². The Kier molecular flexibility index (Phi) is 5.62. The van der Waals surface area contributed by atoms with Crippen LogP contribution in [-0.2, 0) is 4.79 Å². The number of nitrogens with zero attached hydrogens (tertiary/aromatic N) is 2. The summed E-state index contributed by atoms with van der Waals surface area (Å²) in [5.74, 6) is -0.326. The fraction of sp³-hybridized carbons (Fsp3) is 0.158. The van der Waals surface area contributed by atoms with E-state index in [1.165, 1.54) is 12.1 Å². The van der Waals surface area contributed by atoms with E-state index in [4.69, 9.17) is 23.8 Å². The molecular formula is C19H17ClN4O3S. The highest BCUT2D eigenvalue weighted by Gasteiger charge is 2.33. The van der Waals surface area contributed by atoms with Crippen LogP contribution in [0.5, 0.6) is 0 Å². The standard InChI is InChI=1S/C19H17ClN4O3S/c1-11-16(18(25)21-13-6-4-3-5-7-13)17(22-19(28)23(11)2)12-8-9-14(20)15(10-12)24(26)27/h3-10,17H,1-2H3,(H,21,25)(H,22,28). The van der Waals surface area contributed by atoms with Crippen LogP contribution in [0.25, 0.3) is 0 Å². The Morgan fingerprint density at radius 3 is 2.61 bits per heavy atom. The fourth-order valence-corrected chi connectivity index (χ4v) is 3.39. The number of hydrogen-bond donors (Lipinski definition) is 2. The Labute approximate surface area is 172 Å². The zero-order chi connectivity index (χ0) is 20.4. The molecule has 1 unspecified atom stereocenters. The van der Waals surface area contributed by atoms with E-state index >= 15 is 0 Å². The predicted octanol–water partition coefficient (Wildman–Crippen LogP) is 4.02. The van der Waals surface area contributed by atoms with Gasteiger partial charge in [-0.15, -0.1) is 0 Å². The Morgan fingerprint density at radius 1 is 1.29 bits per heavy atom. The topological polar surface area (TPSA) is 87.5 Å². The SMILES string of the molecule is CC1=C(C(=O)Nc2ccccc2)C(c2ccc(Cl)c([N+](=O)[O-])c2)NC(=S)N1C. The van der Waals surface area contributed by atoms with Gasteiger partial charge in [-0.3, -0.25) is 14.9 Å². The van der Waals surface area contributed by atoms with Crippen LogP contribution in [0.2, 0.25) is 5.02 Å². The third kappa shape index (κ3) is 3.83. The lowest BCUT2D eigenvalue weighted by molar-refractivity contribution is -0.384. The lowest BCUT2D eigenvalue weighted by Gasteiger charge is -2.35. The molecule has 1 aliphatic heterocycles. The van der Waals surface area contributed by atoms with Crippen molar-refractivity contribution in [2.45, 2.75) is 13.0 Å². The zero-order valence-electron chi connectivity index (χ0n) is 15.1. The summed E-state index contributed by atoms with van der Waals surface area (Å²) < 4.78 is 0. The van der Waals surface area contributed by atoms with Crippen LogP contribution in [0.4, 0.5) is 11.4 Å². The average Bonchev–Trinajstić information content (AvgIpc) is 2.66. The molecule has 1 amide bonds. The molecule has 0 bridgehead atoms. The van der Waals surface area contributed by atoms with Crippen LogP contribution in [0.15, 0.2) is 59.8 Å². The molecule has 144 valence electrons. The molecule has 2 aromatic carbocycles. The Hall–Kier alpha value is -2.97. The molecule has 28 heavy (non-hydrogen) atoms. The number of rotatable bonds is 4. The van der Waals surface area contributed by atoms with Crippen LogP contribution < -0.4 is 10.6 Å². The summed E-state index contributed by atoms with van der Waals surface area (Å²) in [6.07, 6.45) is 0. The van der Waals surface area contributed by atoms with Crippen molar-refractivity contribution in [3.63, 3.8) is 0 Å². The molecule has 0 aliphatic carbocycles. The lowest BCUT2D eigenvalue weighted by Crippen LogP contribution is -2.46. The average molecular weight is 417 g/mol. The number of hydrogen-bond acceptors (Lipinski definition) is 4. The van der Waals surface area contributed by atoms with Gasteiger partial charge in [0, 0.05) is 24.5 Å². The highest BCUT2D eigenvalue weighted by Crippen LogP contribution is 2.34. The lowest BCUT2D eigenvalue weighted by atomic mass is 9.94. The summed E-state index contributed by atoms with van der Waals surface area (Å²) >= 11 is 11.3. The number of nitro benzene ring substituents is 1. The first-order chi connectivity index (χ1) is 13.3. The van der Waals surface area contributed by atoms with Gasteiger partial charge < -0.3 is 15.5 Å². The van der Waals surface area contributed by atoms with Crippen molar-refractivity contribution in [2.24, 2.45) is 0 Å². The minimum atomic E-state index is -0.650. The van der Waals surface area contributed by atoms with E-state index in [-0.39, 0.29) is 16.6 Å². The first-order valence-electron chi connectivity index (χ1n) is 8.35. The molecule has 0 fully saturated rings. The molecule has 1 aliphatic rings. The van der Waals surface area contributed by atoms with Crippen molar-refractivity contribution in [2.75, 3.05) is 12.4 Å². The van der Waals surface area contributed by atoms with Crippen molar-refractivity contribution in [1.29, 1.82) is 0 Å². The third-order valence-electron chi connectivity index (χ3n) is 4.53. The molecule has 3 rings (SSSR count). The number of thiocarbonyl (C=S) groups is 1. The minimum Gasteiger partial charge on any atom is -0.351 e. The van der Waals surface area contributed by atoms with Gasteiger partial charge in [0.05, 0.1) is 16.5 Å². The molecule has 0 spiro atoms. The normalized spacial score (nSPS) is 16.6. The molecule has 0 saturated carbocycles. The second kappa shape index (κ2) is 7.95. The van der Waals surface area contributed by atoms with Crippen molar-refractivity contribution in [3.05, 3.63) is 80.5 Å². The van der Waals surface area contributed by atoms with E-state index in [2.05, 4.69) is 10.6 Å². The van der Waals surface area contributed by atoms with Gasteiger partial charge in [-0.2, -0.15) is 0 Å². The highest BCUT2D eigenvalue weighted by molar-refractivity contribution is 7.80. The number of benzene rings is 2. The molecule has 0 saturated heterocycles. The molecule has 9 heteroatoms. The number of amides is 1. The van der Waals surface area contributed by atoms with Crippen LogP contribution in [-0.4, -0.2) is 27.9 Å². The van der Waals surface area contributed by atoms with Gasteiger partial charge in [0.15, 0.2) is 5.11 Å². The van der Waals surface area contributed by atoms with E-state index in [1.807, 2.05) is 18.2 Å². The van der Waals surface area contributed by atoms with Crippen LogP contribution in [0, 0.1) is 10.1 Å². The van der Waals surface area contributed by atoms with Crippen molar-refractivity contribution in [1.82, 2.24) is 10.2 Å². The number of carbonyl (C=O) groups is 1. The molecule has 0 aromatic heterocycles. The molecular weight excluding hydrogens is 400 g/mol. The monoisotopic (exact) mass is 416 g/mol. The molecule has 1 heterocycles. The Balaban J connectivity index is 2.05. The first kappa shape index (κ1) is 19.8. The summed E-state index contributed by atoms with van der Waals surface area (Å²) in [5.41, 5.74) is 2.00. The maximum Gasteiger partial charge on any atom is 0.288 e. The van der Waals surface area contributed by atoms with Crippen LogP contribution >= 0.6 is 23.8 Å². The summed E-state index contributed by atoms with van der Waals surface area (Å²) in [6, 6.07) is 12.8. The number of para-hydroxylation sites is 1. The first-order valence-corrected chi connectivity index (χ1v) is 9.13. The van der Waals surface area contributed by atoms with E-state index < -0.39 is 11.0 Å². The largest absolute Gasteiger partial charge is 0.351 e. The summed E-state index contributed by atoms with van der Waals surface area (Å²) in [7, 11) is 1.75. The summed E-state index contributed by atoms with van der Waals surface area (Å²) in [5, 5.41) is 17.7. The maximum absolute atomic E-state index is 13.1. The van der Waals surface area contributed by atoms with E-state index in [9.17, 15) is 14.9 Å². The van der Waals surface area contributed by atoms with Gasteiger partial charge in [-0.05, 0) is 42.9 Å². The maximum atomic E-state index is 13.1. The number of anilines is 1. The van der Waals surface area contributed by atoms with E-state index in [1.54, 1.807) is 37.1 Å². The predicted molar refractivity (Wildman–Crippen MR) is 112 cm³/mol. The number of carbonyl (C=O) groups excluding carboxylic acids is 1. The van der Waals surface area contributed by atoms with Crippen molar-refractivity contribution < 1.29 is 9.72 Å². The van der Waals surface area contributed by atoms with Crippen molar-refractivity contribution in [3.8, 4) is 0 Å². The second-order valence-corrected chi connectivity index (χ2v) is 7.02. The Bertz CT molecular complexity index is 994. The van der Waals surface area contributed by atoms with Crippen molar-refractivity contribution >= 4 is 46.2 Å². The molecule has 1 atom stereocenters. The van der Waals surface area contributed by atoms with Gasteiger partial charge in [-0.1, -0.05) is 35.9 Å². The van der Waals surface area contributed by atoms with Gasteiger partial charge in [-0.25, -0.2) is 0 Å². The molecule has 2 aromatic rings.